The molecule has 0 unspecified atom stereocenters. The minimum absolute atomic E-state index is 0.0651. The number of nitrogens with one attached hydrogen (secondary N) is 4. The highest BCUT2D eigenvalue weighted by molar-refractivity contribution is 7.80. The lowest BCUT2D eigenvalue weighted by Gasteiger charge is -2.19. The molecule has 4 amide bonds. The fourth-order valence-corrected chi connectivity index (χ4v) is 1.64. The van der Waals surface area contributed by atoms with E-state index in [2.05, 4.69) is 33.9 Å². The van der Waals surface area contributed by atoms with Crippen LogP contribution >= 0.6 is 12.6 Å². The van der Waals surface area contributed by atoms with Gasteiger partial charge >= 0.3 is 5.97 Å². The van der Waals surface area contributed by atoms with E-state index < -0.39 is 48.2 Å². The summed E-state index contributed by atoms with van der Waals surface area (Å²) in [6.07, 6.45) is 0. The van der Waals surface area contributed by atoms with Gasteiger partial charge in [0.2, 0.25) is 23.6 Å². The number of carbonyl (C=O) groups excluding carboxylic acids is 4. The molecule has 0 saturated carbocycles. The van der Waals surface area contributed by atoms with Crippen LogP contribution in [-0.4, -0.2) is 72.2 Å². The van der Waals surface area contributed by atoms with Crippen molar-refractivity contribution in [2.75, 3.05) is 25.4 Å². The van der Waals surface area contributed by atoms with Gasteiger partial charge in [-0.1, -0.05) is 0 Å². The van der Waals surface area contributed by atoms with Gasteiger partial charge in [0.15, 0.2) is 0 Å². The maximum absolute atomic E-state index is 11.9. The Labute approximate surface area is 143 Å². The van der Waals surface area contributed by atoms with E-state index in [1.54, 1.807) is 0 Å². The second-order valence-electron chi connectivity index (χ2n) is 4.63. The highest BCUT2D eigenvalue weighted by Crippen LogP contribution is 1.92. The minimum Gasteiger partial charge on any atom is -0.480 e. The van der Waals surface area contributed by atoms with Gasteiger partial charge in [-0.3, -0.25) is 24.0 Å². The average molecular weight is 363 g/mol. The molecule has 24 heavy (non-hydrogen) atoms. The zero-order chi connectivity index (χ0) is 18.7. The van der Waals surface area contributed by atoms with Gasteiger partial charge in [-0.2, -0.15) is 12.6 Å². The number of carboxylic acids is 1. The monoisotopic (exact) mass is 363 g/mol. The smallest absolute Gasteiger partial charge is 0.322 e. The van der Waals surface area contributed by atoms with Crippen LogP contribution in [0.5, 0.6) is 0 Å². The van der Waals surface area contributed by atoms with Gasteiger partial charge in [0.05, 0.1) is 13.1 Å². The van der Waals surface area contributed by atoms with Crippen LogP contribution in [0.3, 0.4) is 0 Å². The minimum atomic E-state index is -1.23. The number of hydrogen-bond acceptors (Lipinski definition) is 7. The van der Waals surface area contributed by atoms with Crippen molar-refractivity contribution < 1.29 is 29.1 Å². The Morgan fingerprint density at radius 1 is 1.00 bits per heavy atom. The first-order valence-corrected chi connectivity index (χ1v) is 7.51. The van der Waals surface area contributed by atoms with E-state index in [9.17, 15) is 24.0 Å². The zero-order valence-electron chi connectivity index (χ0n) is 13.0. The molecular weight excluding hydrogens is 342 g/mol. The van der Waals surface area contributed by atoms with Gasteiger partial charge in [-0.05, 0) is 6.92 Å². The summed E-state index contributed by atoms with van der Waals surface area (Å²) in [6.45, 7) is 0.177. The third-order valence-electron chi connectivity index (χ3n) is 2.63. The molecule has 0 bridgehead atoms. The fraction of sp³-hybridized carbons (Fsp3) is 0.583. The van der Waals surface area contributed by atoms with Crippen molar-refractivity contribution >= 4 is 42.2 Å². The summed E-state index contributed by atoms with van der Waals surface area (Å²) in [5.74, 6) is -3.81. The van der Waals surface area contributed by atoms with Gasteiger partial charge in [0.25, 0.3) is 0 Å². The number of rotatable bonds is 10. The second-order valence-corrected chi connectivity index (χ2v) is 4.99. The van der Waals surface area contributed by atoms with E-state index in [4.69, 9.17) is 10.8 Å². The summed E-state index contributed by atoms with van der Waals surface area (Å²) in [5, 5.41) is 17.5. The Balaban J connectivity index is 4.39. The maximum atomic E-state index is 11.9. The number of amides is 4. The van der Waals surface area contributed by atoms with Gasteiger partial charge in [0, 0.05) is 5.75 Å². The molecule has 0 aromatic carbocycles. The van der Waals surface area contributed by atoms with E-state index in [-0.39, 0.29) is 18.8 Å². The Morgan fingerprint density at radius 3 is 2.12 bits per heavy atom. The quantitative estimate of drug-likeness (QED) is 0.194. The Morgan fingerprint density at radius 2 is 1.62 bits per heavy atom. The van der Waals surface area contributed by atoms with Crippen LogP contribution in [0, 0.1) is 0 Å². The fourth-order valence-electron chi connectivity index (χ4n) is 1.39. The number of carboxylic acid groups (broad SMARTS) is 1. The average Bonchev–Trinajstić information content (AvgIpc) is 2.54. The lowest BCUT2D eigenvalue weighted by atomic mass is 10.2. The third kappa shape index (κ3) is 8.95. The highest BCUT2D eigenvalue weighted by Gasteiger charge is 2.23. The molecule has 0 rings (SSSR count). The van der Waals surface area contributed by atoms with Gasteiger partial charge < -0.3 is 32.1 Å². The van der Waals surface area contributed by atoms with E-state index in [0.29, 0.717) is 0 Å². The molecule has 0 aliphatic carbocycles. The van der Waals surface area contributed by atoms with Crippen molar-refractivity contribution in [1.82, 2.24) is 21.3 Å². The van der Waals surface area contributed by atoms with Crippen molar-refractivity contribution in [1.29, 1.82) is 0 Å². The lowest BCUT2D eigenvalue weighted by molar-refractivity contribution is -0.138. The molecule has 0 saturated heterocycles. The molecule has 0 aromatic rings. The van der Waals surface area contributed by atoms with Crippen molar-refractivity contribution in [3.05, 3.63) is 0 Å². The highest BCUT2D eigenvalue weighted by atomic mass is 32.1. The SMILES string of the molecule is C[C@H](NC(=O)CNC(=O)CN)C(=O)N[C@@H](CS)C(=O)NCC(=O)O. The topological polar surface area (TPSA) is 180 Å². The Bertz CT molecular complexity index is 500. The number of hydrogen-bond donors (Lipinski definition) is 7. The predicted molar refractivity (Wildman–Crippen MR) is 86.1 cm³/mol. The van der Waals surface area contributed by atoms with Crippen molar-refractivity contribution in [2.24, 2.45) is 5.73 Å². The number of aliphatic carboxylic acids is 1. The van der Waals surface area contributed by atoms with Crippen LogP contribution in [0.4, 0.5) is 0 Å². The molecule has 0 spiro atoms. The molecule has 7 N–H and O–H groups in total. The molecule has 12 heteroatoms. The van der Waals surface area contributed by atoms with E-state index in [1.807, 2.05) is 0 Å². The molecule has 11 nitrogen and oxygen atoms in total. The van der Waals surface area contributed by atoms with Crippen LogP contribution in [0.15, 0.2) is 0 Å². The van der Waals surface area contributed by atoms with E-state index in [1.165, 1.54) is 6.92 Å². The molecule has 0 radical (unpaired) electrons. The van der Waals surface area contributed by atoms with Crippen molar-refractivity contribution in [2.45, 2.75) is 19.0 Å². The van der Waals surface area contributed by atoms with Gasteiger partial charge in [-0.25, -0.2) is 0 Å². The second kappa shape index (κ2) is 11.2. The first-order valence-electron chi connectivity index (χ1n) is 6.88. The maximum Gasteiger partial charge on any atom is 0.322 e. The van der Waals surface area contributed by atoms with E-state index in [0.717, 1.165) is 0 Å². The summed E-state index contributed by atoms with van der Waals surface area (Å²) < 4.78 is 0. The summed E-state index contributed by atoms with van der Waals surface area (Å²) in [7, 11) is 0. The molecule has 0 aliphatic heterocycles. The number of thiol groups is 1. The van der Waals surface area contributed by atoms with Gasteiger partial charge in [0.1, 0.15) is 18.6 Å². The summed E-state index contributed by atoms with van der Waals surface area (Å²) in [5.41, 5.74) is 5.06. The van der Waals surface area contributed by atoms with Crippen LogP contribution in [0.2, 0.25) is 0 Å². The number of carbonyl (C=O) groups is 5. The summed E-state index contributed by atoms with van der Waals surface area (Å²) >= 11 is 3.91. The van der Waals surface area contributed by atoms with Crippen LogP contribution in [0.25, 0.3) is 0 Å². The molecule has 0 fully saturated rings. The van der Waals surface area contributed by atoms with Crippen molar-refractivity contribution in [3.8, 4) is 0 Å². The Kier molecular flexibility index (Phi) is 10.1. The summed E-state index contributed by atoms with van der Waals surface area (Å²) in [4.78, 5) is 56.5. The van der Waals surface area contributed by atoms with Crippen molar-refractivity contribution in [3.63, 3.8) is 0 Å². The molecule has 0 aliphatic rings. The zero-order valence-corrected chi connectivity index (χ0v) is 13.9. The molecule has 136 valence electrons. The van der Waals surface area contributed by atoms with E-state index >= 15 is 0 Å². The lowest BCUT2D eigenvalue weighted by Crippen LogP contribution is -2.54. The summed E-state index contributed by atoms with van der Waals surface area (Å²) in [6, 6.07) is -2.04. The predicted octanol–water partition coefficient (Wildman–Crippen LogP) is -3.82. The van der Waals surface area contributed by atoms with Crippen LogP contribution < -0.4 is 27.0 Å². The molecule has 2 atom stereocenters. The Hall–Kier alpha value is -2.34. The normalized spacial score (nSPS) is 12.5. The third-order valence-corrected chi connectivity index (χ3v) is 3.00. The molecule has 0 heterocycles. The standard InChI is InChI=1S/C12H21N5O6S/c1-6(16-9(19)3-14-8(18)2-13)11(22)17-7(5-24)12(23)15-4-10(20)21/h6-7,24H,2-5,13H2,1H3,(H,14,18)(H,15,23)(H,16,19)(H,17,22)(H,20,21)/t6-,7-/m0/s1. The largest absolute Gasteiger partial charge is 0.480 e. The van der Waals surface area contributed by atoms with Gasteiger partial charge in [-0.15, -0.1) is 0 Å². The molecule has 0 aromatic heterocycles. The number of nitrogens with two attached hydrogens (primary N) is 1. The van der Waals surface area contributed by atoms with Crippen LogP contribution in [-0.2, 0) is 24.0 Å². The first kappa shape index (κ1) is 21.7. The van der Waals surface area contributed by atoms with Crippen LogP contribution in [0.1, 0.15) is 6.92 Å². The first-order chi connectivity index (χ1) is 11.2. The molecular formula is C12H21N5O6S.